The summed E-state index contributed by atoms with van der Waals surface area (Å²) in [5.41, 5.74) is 1.42. The molecule has 0 saturated carbocycles. The van der Waals surface area contributed by atoms with Crippen molar-refractivity contribution in [3.63, 3.8) is 0 Å². The molecular weight excluding hydrogens is 234 g/mol. The summed E-state index contributed by atoms with van der Waals surface area (Å²) in [6, 6.07) is 2.72. The molecule has 2 aromatic rings. The second-order valence-corrected chi connectivity index (χ2v) is 4.95. The van der Waals surface area contributed by atoms with Crippen molar-refractivity contribution < 1.29 is 8.78 Å². The van der Waals surface area contributed by atoms with E-state index in [0.29, 0.717) is 16.9 Å². The van der Waals surface area contributed by atoms with Gasteiger partial charge in [0.25, 0.3) is 0 Å². The lowest BCUT2D eigenvalue weighted by molar-refractivity contribution is 0.278. The molecule has 0 unspecified atom stereocenters. The normalized spacial score (nSPS) is 11.9. The average Bonchev–Trinajstić information content (AvgIpc) is 2.68. The molecule has 0 bridgehead atoms. The molecule has 0 aliphatic rings. The van der Waals surface area contributed by atoms with E-state index in [9.17, 15) is 8.78 Å². The molecule has 0 radical (unpaired) electrons. The third-order valence-corrected chi connectivity index (χ3v) is 3.39. The van der Waals surface area contributed by atoms with E-state index in [1.807, 2.05) is 7.05 Å². The van der Waals surface area contributed by atoms with Gasteiger partial charge in [-0.2, -0.15) is 0 Å². The lowest BCUT2D eigenvalue weighted by Crippen LogP contribution is -2.28. The molecule has 0 aliphatic heterocycles. The van der Waals surface area contributed by atoms with E-state index in [0.717, 1.165) is 24.6 Å². The fourth-order valence-corrected chi connectivity index (χ4v) is 2.00. The predicted octanol–water partition coefficient (Wildman–Crippen LogP) is 3.33. The molecule has 1 N–H and O–H groups in total. The van der Waals surface area contributed by atoms with Gasteiger partial charge in [-0.1, -0.05) is 0 Å². The van der Waals surface area contributed by atoms with Crippen LogP contribution in [0.4, 0.5) is 8.78 Å². The molecule has 1 aromatic heterocycles. The third-order valence-electron chi connectivity index (χ3n) is 3.39. The number of halogens is 2. The zero-order valence-corrected chi connectivity index (χ0v) is 10.9. The maximum Gasteiger partial charge on any atom is 0.135 e. The summed E-state index contributed by atoms with van der Waals surface area (Å²) in [6.07, 6.45) is 2.51. The van der Waals surface area contributed by atoms with Crippen LogP contribution in [0.15, 0.2) is 18.3 Å². The first-order valence-electron chi connectivity index (χ1n) is 6.14. The molecule has 1 aromatic carbocycles. The van der Waals surface area contributed by atoms with Crippen LogP contribution in [0.2, 0.25) is 0 Å². The van der Waals surface area contributed by atoms with Crippen LogP contribution in [0.25, 0.3) is 10.9 Å². The molecule has 0 atom stereocenters. The van der Waals surface area contributed by atoms with Gasteiger partial charge in [-0.3, -0.25) is 0 Å². The van der Waals surface area contributed by atoms with Crippen LogP contribution >= 0.6 is 0 Å². The number of hydrogen-bond acceptors (Lipinski definition) is 1. The molecule has 0 spiro atoms. The standard InChI is InChI=1S/C14H18F2N2/c1-9(2)18(3)5-4-10-8-17-13-7-11(15)6-12(16)14(10)13/h6-9,17H,4-5H2,1-3H3. The molecular formula is C14H18F2N2. The summed E-state index contributed by atoms with van der Waals surface area (Å²) in [7, 11) is 2.04. The molecule has 2 rings (SSSR count). The van der Waals surface area contributed by atoms with Gasteiger partial charge >= 0.3 is 0 Å². The summed E-state index contributed by atoms with van der Waals surface area (Å²) in [5, 5.41) is 0.508. The molecule has 2 nitrogen and oxygen atoms in total. The zero-order chi connectivity index (χ0) is 13.3. The first-order valence-corrected chi connectivity index (χ1v) is 6.14. The number of nitrogens with one attached hydrogen (secondary N) is 1. The summed E-state index contributed by atoms with van der Waals surface area (Å²) in [6.45, 7) is 5.08. The van der Waals surface area contributed by atoms with Crippen LogP contribution in [0.1, 0.15) is 19.4 Å². The van der Waals surface area contributed by atoms with Crippen LogP contribution in [0.5, 0.6) is 0 Å². The number of nitrogens with zero attached hydrogens (tertiary/aromatic N) is 1. The van der Waals surface area contributed by atoms with Crippen molar-refractivity contribution in [2.75, 3.05) is 13.6 Å². The van der Waals surface area contributed by atoms with Gasteiger partial charge in [0.15, 0.2) is 0 Å². The van der Waals surface area contributed by atoms with E-state index >= 15 is 0 Å². The number of H-pyrrole nitrogens is 1. The van der Waals surface area contributed by atoms with Gasteiger partial charge in [-0.05, 0) is 38.9 Å². The summed E-state index contributed by atoms with van der Waals surface area (Å²) in [4.78, 5) is 5.12. The molecule has 1 heterocycles. The van der Waals surface area contributed by atoms with Crippen molar-refractivity contribution in [2.45, 2.75) is 26.3 Å². The van der Waals surface area contributed by atoms with Crippen molar-refractivity contribution >= 4 is 10.9 Å². The number of rotatable bonds is 4. The first-order chi connectivity index (χ1) is 8.49. The van der Waals surface area contributed by atoms with E-state index in [1.54, 1.807) is 6.20 Å². The number of aromatic nitrogens is 1. The highest BCUT2D eigenvalue weighted by Gasteiger charge is 2.12. The Kier molecular flexibility index (Phi) is 3.66. The predicted molar refractivity (Wildman–Crippen MR) is 69.7 cm³/mol. The van der Waals surface area contributed by atoms with Crippen molar-refractivity contribution in [3.05, 3.63) is 35.5 Å². The van der Waals surface area contributed by atoms with Gasteiger partial charge in [-0.15, -0.1) is 0 Å². The highest BCUT2D eigenvalue weighted by atomic mass is 19.1. The minimum Gasteiger partial charge on any atom is -0.361 e. The smallest absolute Gasteiger partial charge is 0.135 e. The van der Waals surface area contributed by atoms with Gasteiger partial charge in [-0.25, -0.2) is 8.78 Å². The quantitative estimate of drug-likeness (QED) is 0.884. The van der Waals surface area contributed by atoms with Crippen molar-refractivity contribution in [1.82, 2.24) is 9.88 Å². The summed E-state index contributed by atoms with van der Waals surface area (Å²) < 4.78 is 26.8. The lowest BCUT2D eigenvalue weighted by atomic mass is 10.1. The minimum atomic E-state index is -0.548. The van der Waals surface area contributed by atoms with Crippen LogP contribution in [-0.2, 0) is 6.42 Å². The zero-order valence-electron chi connectivity index (χ0n) is 10.9. The van der Waals surface area contributed by atoms with Gasteiger partial charge in [0.05, 0.1) is 5.52 Å². The van der Waals surface area contributed by atoms with E-state index in [2.05, 4.69) is 23.7 Å². The molecule has 0 amide bonds. The second kappa shape index (κ2) is 5.06. The Labute approximate surface area is 106 Å². The molecule has 98 valence electrons. The Balaban J connectivity index is 2.24. The number of likely N-dealkylation sites (N-methyl/N-ethyl adjacent to an activating group) is 1. The first kappa shape index (κ1) is 13.0. The molecule has 18 heavy (non-hydrogen) atoms. The fraction of sp³-hybridized carbons (Fsp3) is 0.429. The number of fused-ring (bicyclic) bond motifs is 1. The van der Waals surface area contributed by atoms with Crippen LogP contribution in [0.3, 0.4) is 0 Å². The Hall–Kier alpha value is -1.42. The number of hydrogen-bond donors (Lipinski definition) is 1. The Morgan fingerprint density at radius 2 is 2.00 bits per heavy atom. The highest BCUT2D eigenvalue weighted by molar-refractivity contribution is 5.83. The number of aromatic amines is 1. The minimum absolute atomic E-state index is 0.456. The van der Waals surface area contributed by atoms with Crippen molar-refractivity contribution in [2.24, 2.45) is 0 Å². The molecule has 4 heteroatoms. The van der Waals surface area contributed by atoms with Crippen LogP contribution in [-0.4, -0.2) is 29.5 Å². The lowest BCUT2D eigenvalue weighted by Gasteiger charge is -2.20. The van der Waals surface area contributed by atoms with Crippen LogP contribution < -0.4 is 0 Å². The van der Waals surface area contributed by atoms with Gasteiger partial charge in [0.2, 0.25) is 0 Å². The van der Waals surface area contributed by atoms with E-state index in [4.69, 9.17) is 0 Å². The van der Waals surface area contributed by atoms with E-state index in [1.165, 1.54) is 6.07 Å². The molecule has 0 saturated heterocycles. The van der Waals surface area contributed by atoms with Gasteiger partial charge < -0.3 is 9.88 Å². The SMILES string of the molecule is CC(C)N(C)CCc1c[nH]c2cc(F)cc(F)c12. The van der Waals surface area contributed by atoms with Crippen molar-refractivity contribution in [1.29, 1.82) is 0 Å². The maximum absolute atomic E-state index is 13.8. The van der Waals surface area contributed by atoms with Crippen molar-refractivity contribution in [3.8, 4) is 0 Å². The van der Waals surface area contributed by atoms with E-state index < -0.39 is 11.6 Å². The van der Waals surface area contributed by atoms with E-state index in [-0.39, 0.29) is 0 Å². The molecule has 0 aliphatic carbocycles. The summed E-state index contributed by atoms with van der Waals surface area (Å²) in [5.74, 6) is -1.04. The molecule has 0 fully saturated rings. The van der Waals surface area contributed by atoms with Crippen LogP contribution in [0, 0.1) is 11.6 Å². The average molecular weight is 252 g/mol. The maximum atomic E-state index is 13.8. The number of benzene rings is 1. The van der Waals surface area contributed by atoms with Gasteiger partial charge in [0, 0.05) is 30.2 Å². The summed E-state index contributed by atoms with van der Waals surface area (Å²) >= 11 is 0. The Morgan fingerprint density at radius 3 is 2.67 bits per heavy atom. The fourth-order valence-electron chi connectivity index (χ4n) is 2.00. The second-order valence-electron chi connectivity index (χ2n) is 4.95. The topological polar surface area (TPSA) is 19.0 Å². The largest absolute Gasteiger partial charge is 0.361 e. The monoisotopic (exact) mass is 252 g/mol. The Bertz CT molecular complexity index is 546. The third kappa shape index (κ3) is 2.53. The highest BCUT2D eigenvalue weighted by Crippen LogP contribution is 2.23. The van der Waals surface area contributed by atoms with Gasteiger partial charge in [0.1, 0.15) is 11.6 Å². The Morgan fingerprint density at radius 1 is 1.28 bits per heavy atom.